The normalized spacial score (nSPS) is 14.0. The maximum absolute atomic E-state index is 12.6. The lowest BCUT2D eigenvalue weighted by molar-refractivity contribution is 0.0971. The van der Waals surface area contributed by atoms with E-state index in [0.29, 0.717) is 25.0 Å². The van der Waals surface area contributed by atoms with Crippen LogP contribution in [-0.4, -0.2) is 32.3 Å². The molecule has 8 heteroatoms. The fraction of sp³-hybridized carbons (Fsp3) is 0.476. The second-order valence-electron chi connectivity index (χ2n) is 7.80. The van der Waals surface area contributed by atoms with Crippen molar-refractivity contribution >= 4 is 13.6 Å². The second kappa shape index (κ2) is 10.3. The molecule has 0 saturated heterocycles. The summed E-state index contributed by atoms with van der Waals surface area (Å²) >= 11 is 0. The summed E-state index contributed by atoms with van der Waals surface area (Å²) in [5, 5.41) is 0. The van der Waals surface area contributed by atoms with Crippen molar-refractivity contribution < 1.29 is 23.7 Å². The summed E-state index contributed by atoms with van der Waals surface area (Å²) < 4.78 is 17.2. The lowest BCUT2D eigenvalue weighted by Crippen LogP contribution is -2.41. The van der Waals surface area contributed by atoms with Gasteiger partial charge < -0.3 is 20.1 Å². The SMILES string of the molecule is Cn1c(CCC(C)(N)COP(=O)(O)O)ccc1C(=O)CCCCc1ccccc1. The Kier molecular flexibility index (Phi) is 8.37. The summed E-state index contributed by atoms with van der Waals surface area (Å²) in [6.07, 6.45) is 4.34. The average molecular weight is 422 g/mol. The van der Waals surface area contributed by atoms with E-state index >= 15 is 0 Å². The monoisotopic (exact) mass is 422 g/mol. The Bertz CT molecular complexity index is 842. The zero-order chi connectivity index (χ0) is 21.5. The standard InChI is InChI=1S/C21H31N2O5P/c1-21(22,16-28-29(25,26)27)15-14-18-12-13-19(23(18)2)20(24)11-7-6-10-17-8-4-3-5-9-17/h3-5,8-9,12-13H,6-7,10-11,14-16,22H2,1-2H3,(H2,25,26,27). The quantitative estimate of drug-likeness (QED) is 0.274. The zero-order valence-corrected chi connectivity index (χ0v) is 18.0. The molecule has 0 spiro atoms. The van der Waals surface area contributed by atoms with E-state index in [0.717, 1.165) is 25.0 Å². The van der Waals surface area contributed by atoms with Gasteiger partial charge in [0.15, 0.2) is 5.78 Å². The maximum Gasteiger partial charge on any atom is 0.469 e. The molecule has 0 bridgehead atoms. The van der Waals surface area contributed by atoms with Crippen LogP contribution in [0.25, 0.3) is 0 Å². The summed E-state index contributed by atoms with van der Waals surface area (Å²) in [6.45, 7) is 1.44. The van der Waals surface area contributed by atoms with Gasteiger partial charge in [0, 0.05) is 24.7 Å². The molecule has 1 heterocycles. The first-order valence-electron chi connectivity index (χ1n) is 9.78. The van der Waals surface area contributed by atoms with Crippen LogP contribution in [0.4, 0.5) is 0 Å². The second-order valence-corrected chi connectivity index (χ2v) is 9.04. The van der Waals surface area contributed by atoms with E-state index in [9.17, 15) is 9.36 Å². The smallest absolute Gasteiger partial charge is 0.345 e. The molecule has 0 radical (unpaired) electrons. The van der Waals surface area contributed by atoms with Crippen LogP contribution in [0.3, 0.4) is 0 Å². The molecule has 2 aromatic rings. The molecule has 0 saturated carbocycles. The van der Waals surface area contributed by atoms with Gasteiger partial charge in [-0.2, -0.15) is 0 Å². The van der Waals surface area contributed by atoms with Gasteiger partial charge in [-0.25, -0.2) is 4.57 Å². The molecule has 7 nitrogen and oxygen atoms in total. The first kappa shape index (κ1) is 23.5. The van der Waals surface area contributed by atoms with Crippen LogP contribution in [0.15, 0.2) is 42.5 Å². The highest BCUT2D eigenvalue weighted by Gasteiger charge is 2.25. The minimum absolute atomic E-state index is 0.118. The van der Waals surface area contributed by atoms with Crippen LogP contribution in [-0.2, 0) is 29.0 Å². The summed E-state index contributed by atoms with van der Waals surface area (Å²) in [4.78, 5) is 30.2. The first-order valence-corrected chi connectivity index (χ1v) is 11.3. The van der Waals surface area contributed by atoms with Gasteiger partial charge in [-0.15, -0.1) is 0 Å². The molecule has 0 aliphatic rings. The van der Waals surface area contributed by atoms with E-state index in [1.54, 1.807) is 6.92 Å². The Labute approximate surface area is 172 Å². The molecule has 0 amide bonds. The Morgan fingerprint density at radius 1 is 1.14 bits per heavy atom. The summed E-state index contributed by atoms with van der Waals surface area (Å²) in [7, 11) is -2.69. The molecule has 1 aromatic heterocycles. The van der Waals surface area contributed by atoms with Crippen molar-refractivity contribution in [1.82, 2.24) is 4.57 Å². The molecule has 4 N–H and O–H groups in total. The first-order chi connectivity index (χ1) is 13.6. The number of hydrogen-bond acceptors (Lipinski definition) is 4. The third-order valence-corrected chi connectivity index (χ3v) is 5.45. The van der Waals surface area contributed by atoms with Crippen molar-refractivity contribution in [3.05, 3.63) is 59.4 Å². The Morgan fingerprint density at radius 2 is 1.83 bits per heavy atom. The number of aromatic nitrogens is 1. The largest absolute Gasteiger partial charge is 0.469 e. The number of nitrogens with zero attached hydrogens (tertiary/aromatic N) is 1. The maximum atomic E-state index is 12.6. The van der Waals surface area contributed by atoms with E-state index in [2.05, 4.69) is 16.7 Å². The number of hydrogen-bond donors (Lipinski definition) is 3. The minimum Gasteiger partial charge on any atom is -0.345 e. The molecule has 2 rings (SSSR count). The fourth-order valence-corrected chi connectivity index (χ4v) is 3.65. The number of ketones is 1. The molecule has 0 fully saturated rings. The summed E-state index contributed by atoms with van der Waals surface area (Å²) in [5.74, 6) is 0.118. The molecule has 0 aliphatic carbocycles. The molecule has 1 unspecified atom stereocenters. The number of nitrogens with two attached hydrogens (primary N) is 1. The molecule has 1 atom stereocenters. The lowest BCUT2D eigenvalue weighted by Gasteiger charge is -2.24. The predicted molar refractivity (Wildman–Crippen MR) is 113 cm³/mol. The van der Waals surface area contributed by atoms with Gasteiger partial charge in [-0.3, -0.25) is 9.32 Å². The van der Waals surface area contributed by atoms with Crippen LogP contribution < -0.4 is 5.73 Å². The van der Waals surface area contributed by atoms with E-state index in [1.165, 1.54) is 5.56 Å². The topological polar surface area (TPSA) is 115 Å². The zero-order valence-electron chi connectivity index (χ0n) is 17.1. The summed E-state index contributed by atoms with van der Waals surface area (Å²) in [6, 6.07) is 14.0. The molecule has 0 aliphatic heterocycles. The number of rotatable bonds is 12. The number of benzene rings is 1. The van der Waals surface area contributed by atoms with E-state index in [1.807, 2.05) is 41.9 Å². The molecule has 29 heavy (non-hydrogen) atoms. The van der Waals surface area contributed by atoms with Gasteiger partial charge in [-0.1, -0.05) is 30.3 Å². The van der Waals surface area contributed by atoms with Gasteiger partial charge in [-0.05, 0) is 56.7 Å². The van der Waals surface area contributed by atoms with Crippen molar-refractivity contribution in [2.24, 2.45) is 12.8 Å². The predicted octanol–water partition coefficient (Wildman–Crippen LogP) is 3.38. The molecule has 160 valence electrons. The highest BCUT2D eigenvalue weighted by atomic mass is 31.2. The summed E-state index contributed by atoms with van der Waals surface area (Å²) in [5.41, 5.74) is 8.10. The van der Waals surface area contributed by atoms with Crippen molar-refractivity contribution in [3.8, 4) is 0 Å². The highest BCUT2D eigenvalue weighted by Crippen LogP contribution is 2.36. The Hall–Kier alpha value is -1.76. The van der Waals surface area contributed by atoms with Crippen LogP contribution in [0.5, 0.6) is 0 Å². The minimum atomic E-state index is -4.54. The van der Waals surface area contributed by atoms with Crippen molar-refractivity contribution in [1.29, 1.82) is 0 Å². The Balaban J connectivity index is 1.81. The molecular formula is C21H31N2O5P. The number of carbonyl (C=O) groups is 1. The van der Waals surface area contributed by atoms with Gasteiger partial charge in [0.25, 0.3) is 0 Å². The van der Waals surface area contributed by atoms with Gasteiger partial charge >= 0.3 is 7.82 Å². The van der Waals surface area contributed by atoms with Crippen LogP contribution in [0, 0.1) is 0 Å². The van der Waals surface area contributed by atoms with Crippen LogP contribution in [0.2, 0.25) is 0 Å². The van der Waals surface area contributed by atoms with E-state index in [4.69, 9.17) is 15.5 Å². The highest BCUT2D eigenvalue weighted by molar-refractivity contribution is 7.46. The Morgan fingerprint density at radius 3 is 2.48 bits per heavy atom. The van der Waals surface area contributed by atoms with Gasteiger partial charge in [0.1, 0.15) is 0 Å². The van der Waals surface area contributed by atoms with Crippen molar-refractivity contribution in [3.63, 3.8) is 0 Å². The fourth-order valence-electron chi connectivity index (χ4n) is 3.19. The number of phosphoric ester groups is 1. The van der Waals surface area contributed by atoms with Gasteiger partial charge in [0.05, 0.1) is 12.3 Å². The third kappa shape index (κ3) is 8.25. The lowest BCUT2D eigenvalue weighted by atomic mass is 9.97. The number of Topliss-reactive ketones (excluding diaryl/α,β-unsaturated/α-hetero) is 1. The number of unbranched alkanes of at least 4 members (excludes halogenated alkanes) is 1. The van der Waals surface area contributed by atoms with Crippen LogP contribution >= 0.6 is 7.82 Å². The van der Waals surface area contributed by atoms with Gasteiger partial charge in [0.2, 0.25) is 0 Å². The van der Waals surface area contributed by atoms with Crippen molar-refractivity contribution in [2.45, 2.75) is 51.0 Å². The molecular weight excluding hydrogens is 391 g/mol. The third-order valence-electron chi connectivity index (χ3n) is 4.99. The number of phosphoric acid groups is 1. The number of carbonyl (C=O) groups excluding carboxylic acids is 1. The molecule has 1 aromatic carbocycles. The van der Waals surface area contributed by atoms with E-state index in [-0.39, 0.29) is 12.4 Å². The van der Waals surface area contributed by atoms with Crippen molar-refractivity contribution in [2.75, 3.05) is 6.61 Å². The number of aryl methyl sites for hydroxylation is 2. The van der Waals surface area contributed by atoms with E-state index < -0.39 is 13.4 Å². The van der Waals surface area contributed by atoms with Crippen LogP contribution in [0.1, 0.15) is 54.4 Å². The average Bonchev–Trinajstić information content (AvgIpc) is 3.03.